The number of hydrogen-bond donors (Lipinski definition) is 0. The largest absolute Gasteiger partial charge is 0.311 e. The number of carbonyl (C=O) groups is 1. The summed E-state index contributed by atoms with van der Waals surface area (Å²) in [5.41, 5.74) is 1.52. The fourth-order valence-corrected chi connectivity index (χ4v) is 1.83. The third-order valence-corrected chi connectivity index (χ3v) is 3.16. The molecule has 1 heterocycles. The molecule has 0 aliphatic heterocycles. The SMILES string of the molecule is CN(C(=O)c1ccc(I)cc1)c1ccncc1. The van der Waals surface area contributed by atoms with Crippen LogP contribution in [0.25, 0.3) is 0 Å². The van der Waals surface area contributed by atoms with Gasteiger partial charge in [-0.25, -0.2) is 0 Å². The van der Waals surface area contributed by atoms with Gasteiger partial charge in [0.2, 0.25) is 0 Å². The number of nitrogens with zero attached hydrogens (tertiary/aromatic N) is 2. The Morgan fingerprint density at radius 2 is 1.71 bits per heavy atom. The van der Waals surface area contributed by atoms with Gasteiger partial charge in [0.05, 0.1) is 0 Å². The quantitative estimate of drug-likeness (QED) is 0.789. The van der Waals surface area contributed by atoms with Gasteiger partial charge in [0.25, 0.3) is 5.91 Å². The number of rotatable bonds is 2. The lowest BCUT2D eigenvalue weighted by atomic mass is 10.2. The summed E-state index contributed by atoms with van der Waals surface area (Å²) >= 11 is 2.22. The van der Waals surface area contributed by atoms with Crippen LogP contribution in [0.5, 0.6) is 0 Å². The molecule has 1 aromatic heterocycles. The predicted molar refractivity (Wildman–Crippen MR) is 76.1 cm³/mol. The first-order valence-electron chi connectivity index (χ1n) is 5.12. The first-order chi connectivity index (χ1) is 8.18. The maximum atomic E-state index is 12.2. The Kier molecular flexibility index (Phi) is 3.73. The molecule has 0 aliphatic rings. The number of hydrogen-bond acceptors (Lipinski definition) is 2. The Labute approximate surface area is 114 Å². The monoisotopic (exact) mass is 338 g/mol. The molecule has 2 rings (SSSR count). The van der Waals surface area contributed by atoms with E-state index in [-0.39, 0.29) is 5.91 Å². The van der Waals surface area contributed by atoms with Crippen molar-refractivity contribution in [3.05, 3.63) is 57.9 Å². The third-order valence-electron chi connectivity index (χ3n) is 2.45. The van der Waals surface area contributed by atoms with Crippen molar-refractivity contribution < 1.29 is 4.79 Å². The minimum Gasteiger partial charge on any atom is -0.311 e. The second-order valence-electron chi connectivity index (χ2n) is 3.58. The number of anilines is 1. The van der Waals surface area contributed by atoms with Crippen molar-refractivity contribution >= 4 is 34.2 Å². The van der Waals surface area contributed by atoms with Gasteiger partial charge in [-0.3, -0.25) is 9.78 Å². The van der Waals surface area contributed by atoms with E-state index in [2.05, 4.69) is 27.6 Å². The van der Waals surface area contributed by atoms with E-state index in [4.69, 9.17) is 0 Å². The summed E-state index contributed by atoms with van der Waals surface area (Å²) in [6, 6.07) is 11.1. The molecule has 86 valence electrons. The van der Waals surface area contributed by atoms with Crippen molar-refractivity contribution in [1.29, 1.82) is 0 Å². The number of amides is 1. The lowest BCUT2D eigenvalue weighted by Crippen LogP contribution is -2.26. The van der Waals surface area contributed by atoms with Crippen LogP contribution in [-0.2, 0) is 0 Å². The topological polar surface area (TPSA) is 33.2 Å². The van der Waals surface area contributed by atoms with Crippen LogP contribution in [0.1, 0.15) is 10.4 Å². The van der Waals surface area contributed by atoms with Gasteiger partial charge >= 0.3 is 0 Å². The zero-order valence-electron chi connectivity index (χ0n) is 9.30. The van der Waals surface area contributed by atoms with Gasteiger partial charge in [0.1, 0.15) is 0 Å². The van der Waals surface area contributed by atoms with Crippen molar-refractivity contribution in [1.82, 2.24) is 4.98 Å². The van der Waals surface area contributed by atoms with Gasteiger partial charge in [0, 0.05) is 34.3 Å². The molecule has 0 saturated heterocycles. The minimum absolute atomic E-state index is 0.0207. The molecule has 0 saturated carbocycles. The Balaban J connectivity index is 2.23. The van der Waals surface area contributed by atoms with Crippen molar-refractivity contribution in [2.24, 2.45) is 0 Å². The number of benzene rings is 1. The molecule has 0 atom stereocenters. The highest BCUT2D eigenvalue weighted by atomic mass is 127. The maximum Gasteiger partial charge on any atom is 0.258 e. The molecule has 0 N–H and O–H groups in total. The molecule has 3 nitrogen and oxygen atoms in total. The minimum atomic E-state index is -0.0207. The highest BCUT2D eigenvalue weighted by Gasteiger charge is 2.12. The number of pyridine rings is 1. The van der Waals surface area contributed by atoms with Gasteiger partial charge in [-0.05, 0) is 59.0 Å². The van der Waals surface area contributed by atoms with Gasteiger partial charge in [-0.2, -0.15) is 0 Å². The predicted octanol–water partition coefficient (Wildman–Crippen LogP) is 2.96. The molecule has 4 heteroatoms. The summed E-state index contributed by atoms with van der Waals surface area (Å²) in [5, 5.41) is 0. The van der Waals surface area contributed by atoms with Crippen molar-refractivity contribution in [3.8, 4) is 0 Å². The van der Waals surface area contributed by atoms with Crippen molar-refractivity contribution in [2.45, 2.75) is 0 Å². The van der Waals surface area contributed by atoms with Crippen LogP contribution in [0, 0.1) is 3.57 Å². The Morgan fingerprint density at radius 3 is 2.29 bits per heavy atom. The molecule has 0 bridgehead atoms. The molecule has 1 amide bonds. The molecule has 0 spiro atoms. The second kappa shape index (κ2) is 5.27. The van der Waals surface area contributed by atoms with Gasteiger partial charge in [0.15, 0.2) is 0 Å². The molecule has 0 aliphatic carbocycles. The van der Waals surface area contributed by atoms with Gasteiger partial charge in [-0.15, -0.1) is 0 Å². The highest BCUT2D eigenvalue weighted by Crippen LogP contribution is 2.15. The van der Waals surface area contributed by atoms with Crippen LogP contribution >= 0.6 is 22.6 Å². The van der Waals surface area contributed by atoms with Gasteiger partial charge in [-0.1, -0.05) is 0 Å². The third kappa shape index (κ3) is 2.82. The number of halogens is 1. The summed E-state index contributed by atoms with van der Waals surface area (Å²) in [4.78, 5) is 17.7. The van der Waals surface area contributed by atoms with E-state index in [1.54, 1.807) is 24.3 Å². The summed E-state index contributed by atoms with van der Waals surface area (Å²) < 4.78 is 1.12. The van der Waals surface area contributed by atoms with E-state index in [1.165, 1.54) is 0 Å². The summed E-state index contributed by atoms with van der Waals surface area (Å²) in [6.45, 7) is 0. The van der Waals surface area contributed by atoms with Crippen LogP contribution < -0.4 is 4.90 Å². The van der Waals surface area contributed by atoms with E-state index in [0.717, 1.165) is 9.26 Å². The van der Waals surface area contributed by atoms with Crippen molar-refractivity contribution in [2.75, 3.05) is 11.9 Å². The summed E-state index contributed by atoms with van der Waals surface area (Å²) in [7, 11) is 1.76. The van der Waals surface area contributed by atoms with E-state index in [9.17, 15) is 4.79 Å². The van der Waals surface area contributed by atoms with Crippen LogP contribution in [-0.4, -0.2) is 17.9 Å². The smallest absolute Gasteiger partial charge is 0.258 e. The van der Waals surface area contributed by atoms with Crippen LogP contribution in [0.4, 0.5) is 5.69 Å². The fourth-order valence-electron chi connectivity index (χ4n) is 1.47. The molecule has 2 aromatic rings. The normalized spacial score (nSPS) is 10.0. The molecule has 0 radical (unpaired) electrons. The molecule has 0 fully saturated rings. The summed E-state index contributed by atoms with van der Waals surface area (Å²) in [5.74, 6) is -0.0207. The van der Waals surface area contributed by atoms with Crippen LogP contribution in [0.3, 0.4) is 0 Å². The van der Waals surface area contributed by atoms with E-state index >= 15 is 0 Å². The average Bonchev–Trinajstić information content (AvgIpc) is 2.39. The zero-order valence-corrected chi connectivity index (χ0v) is 11.5. The maximum absolute atomic E-state index is 12.2. The standard InChI is InChI=1S/C13H11IN2O/c1-16(12-6-8-15-9-7-12)13(17)10-2-4-11(14)5-3-10/h2-9H,1H3. The van der Waals surface area contributed by atoms with Gasteiger partial charge < -0.3 is 4.90 Å². The van der Waals surface area contributed by atoms with E-state index < -0.39 is 0 Å². The number of carbonyl (C=O) groups excluding carboxylic acids is 1. The van der Waals surface area contributed by atoms with E-state index in [0.29, 0.717) is 5.56 Å². The Bertz CT molecular complexity index is 511. The zero-order chi connectivity index (χ0) is 12.3. The first-order valence-corrected chi connectivity index (χ1v) is 6.20. The molecule has 1 aromatic carbocycles. The second-order valence-corrected chi connectivity index (χ2v) is 4.82. The molecular formula is C13H11IN2O. The lowest BCUT2D eigenvalue weighted by Gasteiger charge is -2.16. The molecular weight excluding hydrogens is 327 g/mol. The highest BCUT2D eigenvalue weighted by molar-refractivity contribution is 14.1. The lowest BCUT2D eigenvalue weighted by molar-refractivity contribution is 0.0993. The van der Waals surface area contributed by atoms with Crippen molar-refractivity contribution in [3.63, 3.8) is 0 Å². The van der Waals surface area contributed by atoms with Crippen LogP contribution in [0.2, 0.25) is 0 Å². The fraction of sp³-hybridized carbons (Fsp3) is 0.0769. The molecule has 0 unspecified atom stereocenters. The average molecular weight is 338 g/mol. The first kappa shape index (κ1) is 12.0. The Hall–Kier alpha value is -1.43. The Morgan fingerprint density at radius 1 is 1.12 bits per heavy atom. The molecule has 17 heavy (non-hydrogen) atoms. The van der Waals surface area contributed by atoms with Crippen LogP contribution in [0.15, 0.2) is 48.8 Å². The summed E-state index contributed by atoms with van der Waals surface area (Å²) in [6.07, 6.45) is 3.35. The number of aromatic nitrogens is 1. The van der Waals surface area contributed by atoms with E-state index in [1.807, 2.05) is 36.4 Å².